The van der Waals surface area contributed by atoms with Crippen LogP contribution in [0.2, 0.25) is 10.0 Å². The number of anilines is 1. The minimum absolute atomic E-state index is 0.129. The minimum Gasteiger partial charge on any atom is -0.497 e. The zero-order valence-electron chi connectivity index (χ0n) is 18.8. The third-order valence-corrected chi connectivity index (χ3v) is 6.11. The molecule has 8 nitrogen and oxygen atoms in total. The maximum atomic E-state index is 12.8. The fourth-order valence-corrected chi connectivity index (χ4v) is 4.56. The van der Waals surface area contributed by atoms with Crippen molar-refractivity contribution in [3.05, 3.63) is 105 Å². The number of fused-ring (bicyclic) bond motifs is 1. The number of hydrogen-bond acceptors (Lipinski definition) is 5. The van der Waals surface area contributed by atoms with E-state index in [4.69, 9.17) is 33.7 Å². The smallest absolute Gasteiger partial charge is 0.341 e. The number of nitrogens with one attached hydrogen (secondary N) is 1. The Kier molecular flexibility index (Phi) is 6.83. The van der Waals surface area contributed by atoms with Crippen LogP contribution in [0, 0.1) is 0 Å². The van der Waals surface area contributed by atoms with Crippen LogP contribution in [0.5, 0.6) is 5.75 Å². The summed E-state index contributed by atoms with van der Waals surface area (Å²) in [7, 11) is 1.52. The number of primary amides is 1. The first kappa shape index (κ1) is 25.0. The summed E-state index contributed by atoms with van der Waals surface area (Å²) in [5.74, 6) is -1.90. The summed E-state index contributed by atoms with van der Waals surface area (Å²) in [4.78, 5) is 41.6. The summed E-state index contributed by atoms with van der Waals surface area (Å²) in [6, 6.07) is 15.7. The van der Waals surface area contributed by atoms with Crippen LogP contribution in [-0.2, 0) is 15.1 Å². The molecule has 0 spiro atoms. The Morgan fingerprint density at radius 3 is 2.44 bits per heavy atom. The van der Waals surface area contributed by atoms with Crippen LogP contribution >= 0.6 is 23.2 Å². The molecule has 3 aromatic rings. The maximum absolute atomic E-state index is 12.8. The minimum atomic E-state index is -1.98. The summed E-state index contributed by atoms with van der Waals surface area (Å²) < 4.78 is 5.11. The number of halogens is 2. The first-order chi connectivity index (χ1) is 17.1. The third kappa shape index (κ3) is 4.56. The van der Waals surface area contributed by atoms with Crippen LogP contribution in [-0.4, -0.2) is 30.0 Å². The van der Waals surface area contributed by atoms with Crippen LogP contribution in [0.4, 0.5) is 5.69 Å². The highest BCUT2D eigenvalue weighted by molar-refractivity contribution is 6.34. The van der Waals surface area contributed by atoms with Gasteiger partial charge in [0, 0.05) is 33.1 Å². The highest BCUT2D eigenvalue weighted by atomic mass is 35.5. The van der Waals surface area contributed by atoms with Crippen LogP contribution < -0.4 is 26.4 Å². The van der Waals surface area contributed by atoms with Gasteiger partial charge in [-0.05, 0) is 60.2 Å². The van der Waals surface area contributed by atoms with Gasteiger partial charge in [0.25, 0.3) is 5.91 Å². The van der Waals surface area contributed by atoms with Crippen LogP contribution in [0.3, 0.4) is 0 Å². The van der Waals surface area contributed by atoms with Crippen molar-refractivity contribution in [1.82, 2.24) is 0 Å². The number of carbonyl (C=O) groups excluding carboxylic acids is 2. The topological polar surface area (TPSA) is 131 Å². The summed E-state index contributed by atoms with van der Waals surface area (Å²) >= 11 is 12.6. The predicted octanol–water partition coefficient (Wildman–Crippen LogP) is 3.06. The van der Waals surface area contributed by atoms with Gasteiger partial charge in [-0.2, -0.15) is 0 Å². The average molecular weight is 524 g/mol. The SMILES string of the molecule is COc1ccc(C(=O)Nc2cccc(C3(C(=O)O)N=c4cc(Cl)cc(Cl)c4=C3C=CC(N)=O)c2)cc1. The van der Waals surface area contributed by atoms with Crippen molar-refractivity contribution in [2.24, 2.45) is 10.7 Å². The molecule has 1 unspecified atom stereocenters. The van der Waals surface area contributed by atoms with E-state index in [2.05, 4.69) is 10.3 Å². The van der Waals surface area contributed by atoms with E-state index in [1.165, 1.54) is 31.4 Å². The summed E-state index contributed by atoms with van der Waals surface area (Å²) in [5, 5.41) is 14.2. The monoisotopic (exact) mass is 523 g/mol. The van der Waals surface area contributed by atoms with Crippen molar-refractivity contribution in [2.45, 2.75) is 5.54 Å². The normalized spacial score (nSPS) is 16.4. The van der Waals surface area contributed by atoms with Gasteiger partial charge >= 0.3 is 5.97 Å². The second kappa shape index (κ2) is 9.85. The Morgan fingerprint density at radius 2 is 1.81 bits per heavy atom. The largest absolute Gasteiger partial charge is 0.497 e. The molecule has 2 amide bonds. The average Bonchev–Trinajstić information content (AvgIpc) is 3.18. The van der Waals surface area contributed by atoms with E-state index in [1.807, 2.05) is 0 Å². The molecular weight excluding hydrogens is 505 g/mol. The van der Waals surface area contributed by atoms with Gasteiger partial charge in [0.1, 0.15) is 5.75 Å². The summed E-state index contributed by atoms with van der Waals surface area (Å²) in [6.45, 7) is 0. The number of methoxy groups -OCH3 is 1. The molecule has 3 aromatic carbocycles. The maximum Gasteiger partial charge on any atom is 0.341 e. The molecule has 1 heterocycles. The lowest BCUT2D eigenvalue weighted by Crippen LogP contribution is -2.35. The fraction of sp³-hybridized carbons (Fsp3) is 0.0769. The fourth-order valence-electron chi connectivity index (χ4n) is 3.98. The molecule has 0 saturated heterocycles. The number of carboxylic acid groups (broad SMARTS) is 1. The van der Waals surface area contributed by atoms with Gasteiger partial charge in [-0.3, -0.25) is 14.6 Å². The highest BCUT2D eigenvalue weighted by Gasteiger charge is 2.46. The third-order valence-electron chi connectivity index (χ3n) is 5.60. The zero-order valence-corrected chi connectivity index (χ0v) is 20.3. The van der Waals surface area contributed by atoms with Gasteiger partial charge in [0.15, 0.2) is 0 Å². The molecule has 4 rings (SSSR count). The Bertz CT molecular complexity index is 1550. The van der Waals surface area contributed by atoms with Crippen molar-refractivity contribution in [3.8, 4) is 5.75 Å². The number of aliphatic carboxylic acids is 1. The number of ether oxygens (including phenoxy) is 1. The second-order valence-corrected chi connectivity index (χ2v) is 8.67. The number of amides is 2. The molecule has 0 bridgehead atoms. The Balaban J connectivity index is 1.84. The van der Waals surface area contributed by atoms with Crippen LogP contribution in [0.15, 0.2) is 77.8 Å². The number of hydrogen-bond donors (Lipinski definition) is 3. The van der Waals surface area contributed by atoms with Crippen molar-refractivity contribution in [2.75, 3.05) is 12.4 Å². The highest BCUT2D eigenvalue weighted by Crippen LogP contribution is 2.39. The van der Waals surface area contributed by atoms with Crippen LogP contribution in [0.25, 0.3) is 5.57 Å². The van der Waals surface area contributed by atoms with Crippen molar-refractivity contribution in [3.63, 3.8) is 0 Å². The molecular formula is C26H19Cl2N3O5. The molecule has 4 N–H and O–H groups in total. The molecule has 0 radical (unpaired) electrons. The number of nitrogens with zero attached hydrogens (tertiary/aromatic N) is 1. The van der Waals surface area contributed by atoms with E-state index in [0.717, 1.165) is 6.08 Å². The van der Waals surface area contributed by atoms with Crippen molar-refractivity contribution in [1.29, 1.82) is 0 Å². The molecule has 0 aromatic heterocycles. The molecule has 0 fully saturated rings. The quantitative estimate of drug-likeness (QED) is 0.409. The lowest BCUT2D eigenvalue weighted by Gasteiger charge is -2.25. The molecule has 0 aliphatic carbocycles. The number of rotatable bonds is 7. The van der Waals surface area contributed by atoms with E-state index < -0.39 is 23.3 Å². The van der Waals surface area contributed by atoms with Crippen LogP contribution in [0.1, 0.15) is 15.9 Å². The number of carboxylic acids is 1. The molecule has 1 aliphatic heterocycles. The standard InChI is InChI=1S/C26H19Cl2N3O5/c1-36-18-7-5-14(6-8-18)24(33)30-17-4-2-3-15(11-17)26(25(34)35)19(9-10-22(29)32)23-20(28)12-16(27)13-21(23)31-26/h2-13H,1H3,(H2,29,32)(H,30,33)(H,34,35). The van der Waals surface area contributed by atoms with E-state index in [9.17, 15) is 19.5 Å². The van der Waals surface area contributed by atoms with Crippen molar-refractivity contribution >= 4 is 52.2 Å². The second-order valence-electron chi connectivity index (χ2n) is 7.82. The van der Waals surface area contributed by atoms with Gasteiger partial charge in [-0.15, -0.1) is 0 Å². The molecule has 1 atom stereocenters. The van der Waals surface area contributed by atoms with E-state index in [1.54, 1.807) is 42.5 Å². The molecule has 10 heteroatoms. The molecule has 0 saturated carbocycles. The summed E-state index contributed by atoms with van der Waals surface area (Å²) in [5.41, 5.74) is 4.36. The Morgan fingerprint density at radius 1 is 1.08 bits per heavy atom. The Labute approximate surface area is 215 Å². The van der Waals surface area contributed by atoms with Gasteiger partial charge in [-0.1, -0.05) is 35.3 Å². The first-order valence-corrected chi connectivity index (χ1v) is 11.3. The lowest BCUT2D eigenvalue weighted by atomic mass is 9.82. The number of nitrogens with two attached hydrogens (primary N) is 1. The molecule has 36 heavy (non-hydrogen) atoms. The van der Waals surface area contributed by atoms with Crippen molar-refractivity contribution < 1.29 is 24.2 Å². The van der Waals surface area contributed by atoms with Gasteiger partial charge in [-0.25, -0.2) is 4.79 Å². The van der Waals surface area contributed by atoms with E-state index in [-0.39, 0.29) is 26.5 Å². The first-order valence-electron chi connectivity index (χ1n) is 10.5. The molecule has 1 aliphatic rings. The predicted molar refractivity (Wildman–Crippen MR) is 136 cm³/mol. The van der Waals surface area contributed by atoms with Gasteiger partial charge < -0.3 is 20.9 Å². The lowest BCUT2D eigenvalue weighted by molar-refractivity contribution is -0.141. The zero-order chi connectivity index (χ0) is 26.0. The molecule has 182 valence electrons. The number of carbonyl (C=O) groups is 3. The van der Waals surface area contributed by atoms with E-state index in [0.29, 0.717) is 22.2 Å². The summed E-state index contributed by atoms with van der Waals surface area (Å²) in [6.07, 6.45) is 2.33. The van der Waals surface area contributed by atoms with Gasteiger partial charge in [0.2, 0.25) is 11.4 Å². The van der Waals surface area contributed by atoms with Gasteiger partial charge in [0.05, 0.1) is 17.5 Å². The number of benzene rings is 3. The van der Waals surface area contributed by atoms with E-state index >= 15 is 0 Å². The Hall–Kier alpha value is -4.14.